The Balaban J connectivity index is 2.32. The van der Waals surface area contributed by atoms with E-state index in [1.54, 1.807) is 0 Å². The van der Waals surface area contributed by atoms with Crippen LogP contribution in [0.2, 0.25) is 0 Å². The molecule has 3 heterocycles. The maximum absolute atomic E-state index is 4.27. The minimum atomic E-state index is 0.970. The fourth-order valence-corrected chi connectivity index (χ4v) is 1.65. The number of hydrogen-bond donors (Lipinski definition) is 0. The first-order valence-electron chi connectivity index (χ1n) is 3.66. The molecule has 0 bridgehead atoms. The lowest BCUT2D eigenvalue weighted by molar-refractivity contribution is 1.43. The number of fused-ring (bicyclic) bond motifs is 2. The summed E-state index contributed by atoms with van der Waals surface area (Å²) in [6, 6.07) is 0. The molecular weight excluding hydrogens is 135 g/mol. The number of nitrogens with zero attached hydrogens (tertiary/aromatic N) is 2. The quantitative estimate of drug-likeness (QED) is 0.439. The smallest absolute Gasteiger partial charge is 0.220 e. The van der Waals surface area contributed by atoms with Gasteiger partial charge in [-0.3, -0.25) is 9.98 Å². The topological polar surface area (TPSA) is 24.7 Å². The van der Waals surface area contributed by atoms with Crippen molar-refractivity contribution in [2.24, 2.45) is 9.98 Å². The van der Waals surface area contributed by atoms with Crippen molar-refractivity contribution >= 4 is 19.1 Å². The second-order valence-electron chi connectivity index (χ2n) is 2.80. The summed E-state index contributed by atoms with van der Waals surface area (Å²) >= 11 is 0. The van der Waals surface area contributed by atoms with E-state index in [-0.39, 0.29) is 0 Å². The van der Waals surface area contributed by atoms with E-state index in [9.17, 15) is 0 Å². The molecule has 11 heavy (non-hydrogen) atoms. The second-order valence-corrected chi connectivity index (χ2v) is 2.80. The van der Waals surface area contributed by atoms with Crippen LogP contribution in [0.5, 0.6) is 0 Å². The van der Waals surface area contributed by atoms with Gasteiger partial charge < -0.3 is 0 Å². The molecule has 2 nitrogen and oxygen atoms in total. The summed E-state index contributed by atoms with van der Waals surface area (Å²) in [5.74, 6) is 0. The van der Waals surface area contributed by atoms with Gasteiger partial charge in [-0.05, 0) is 17.6 Å². The highest BCUT2D eigenvalue weighted by Crippen LogP contribution is 2.30. The molecule has 0 saturated carbocycles. The molecule has 0 aliphatic carbocycles. The number of aliphatic imine (C=N–C) groups is 2. The van der Waals surface area contributed by atoms with E-state index in [1.807, 2.05) is 18.5 Å². The minimum absolute atomic E-state index is 0.970. The third-order valence-corrected chi connectivity index (χ3v) is 2.18. The molecule has 0 aromatic rings. The number of hydrogen-bond acceptors (Lipinski definition) is 2. The van der Waals surface area contributed by atoms with E-state index < -0.39 is 0 Å². The summed E-state index contributed by atoms with van der Waals surface area (Å²) in [5.41, 5.74) is 4.87. The van der Waals surface area contributed by atoms with Crippen molar-refractivity contribution in [3.8, 4) is 0 Å². The molecule has 0 saturated heterocycles. The van der Waals surface area contributed by atoms with Crippen LogP contribution >= 0.6 is 0 Å². The lowest BCUT2D eigenvalue weighted by atomic mass is 9.68. The van der Waals surface area contributed by atoms with E-state index >= 15 is 0 Å². The average Bonchev–Trinajstić information content (AvgIpc) is 2.52. The Labute approximate surface area is 65.0 Å². The van der Waals surface area contributed by atoms with Crippen molar-refractivity contribution < 1.29 is 0 Å². The Morgan fingerprint density at radius 3 is 3.36 bits per heavy atom. The summed E-state index contributed by atoms with van der Waals surface area (Å²) < 4.78 is 0. The van der Waals surface area contributed by atoms with E-state index in [0.717, 1.165) is 13.0 Å². The van der Waals surface area contributed by atoms with Gasteiger partial charge in [0.15, 0.2) is 0 Å². The highest BCUT2D eigenvalue weighted by molar-refractivity contribution is 6.87. The Bertz CT molecular complexity index is 347. The van der Waals surface area contributed by atoms with Crippen LogP contribution in [0.3, 0.4) is 0 Å². The van der Waals surface area contributed by atoms with Gasteiger partial charge in [0.2, 0.25) is 7.28 Å². The molecule has 0 aromatic heterocycles. The fraction of sp³-hybridized carbons (Fsp3) is 0. The first-order valence-corrected chi connectivity index (χ1v) is 3.66. The molecule has 3 heteroatoms. The fourth-order valence-electron chi connectivity index (χ4n) is 1.65. The summed E-state index contributed by atoms with van der Waals surface area (Å²) in [4.78, 5) is 8.51. The van der Waals surface area contributed by atoms with Crippen LogP contribution in [0.25, 0.3) is 0 Å². The molecule has 0 fully saturated rings. The van der Waals surface area contributed by atoms with Gasteiger partial charge in [-0.25, -0.2) is 0 Å². The van der Waals surface area contributed by atoms with Crippen LogP contribution in [-0.2, 0) is 0 Å². The molecule has 0 amide bonds. The largest absolute Gasteiger partial charge is 0.271 e. The van der Waals surface area contributed by atoms with Crippen LogP contribution < -0.4 is 0 Å². The maximum Gasteiger partial charge on any atom is 0.220 e. The Hall–Kier alpha value is -1.38. The van der Waals surface area contributed by atoms with Gasteiger partial charge in [-0.1, -0.05) is 0 Å². The predicted molar refractivity (Wildman–Crippen MR) is 47.3 cm³/mol. The second kappa shape index (κ2) is 1.61. The molecule has 3 rings (SSSR count). The Morgan fingerprint density at radius 1 is 1.36 bits per heavy atom. The molecule has 50 valence electrons. The van der Waals surface area contributed by atoms with Crippen LogP contribution in [0.1, 0.15) is 0 Å². The maximum atomic E-state index is 4.27. The highest BCUT2D eigenvalue weighted by Gasteiger charge is 2.28. The average molecular weight is 140 g/mol. The van der Waals surface area contributed by atoms with E-state index in [1.165, 1.54) is 16.7 Å². The monoisotopic (exact) mass is 140 g/mol. The zero-order valence-corrected chi connectivity index (χ0v) is 5.91. The van der Waals surface area contributed by atoms with Gasteiger partial charge in [-0.15, -0.1) is 0 Å². The van der Waals surface area contributed by atoms with Gasteiger partial charge in [0.1, 0.15) is 0 Å². The Morgan fingerprint density at radius 2 is 2.36 bits per heavy atom. The standard InChI is InChI=1S/C8H5BN2/c1-3-11-8-5(1)7-6(9-8)2-4-10-7/h1-4,9H. The van der Waals surface area contributed by atoms with Crippen LogP contribution in [0, 0.1) is 0 Å². The summed E-state index contributed by atoms with van der Waals surface area (Å²) in [7, 11) is 0.970. The zero-order valence-electron chi connectivity index (χ0n) is 5.91. The van der Waals surface area contributed by atoms with E-state index in [4.69, 9.17) is 0 Å². The zero-order chi connectivity index (χ0) is 7.26. The van der Waals surface area contributed by atoms with Gasteiger partial charge in [-0.2, -0.15) is 0 Å². The molecule has 0 unspecified atom stereocenters. The number of allylic oxidation sites excluding steroid dienone is 4. The van der Waals surface area contributed by atoms with Gasteiger partial charge in [0.05, 0.1) is 5.70 Å². The van der Waals surface area contributed by atoms with E-state index in [0.29, 0.717) is 0 Å². The van der Waals surface area contributed by atoms with Crippen LogP contribution in [-0.4, -0.2) is 19.1 Å². The normalized spacial score (nSPS) is 23.3. The van der Waals surface area contributed by atoms with Crippen molar-refractivity contribution in [3.05, 3.63) is 35.1 Å². The van der Waals surface area contributed by atoms with Gasteiger partial charge in [0, 0.05) is 23.6 Å². The van der Waals surface area contributed by atoms with Crippen molar-refractivity contribution in [3.63, 3.8) is 0 Å². The van der Waals surface area contributed by atoms with E-state index in [2.05, 4.69) is 16.1 Å². The molecular formula is C8H5BN2. The predicted octanol–water partition coefficient (Wildman–Crippen LogP) is 0.585. The molecule has 3 aliphatic heterocycles. The van der Waals surface area contributed by atoms with Crippen molar-refractivity contribution in [2.75, 3.05) is 0 Å². The highest BCUT2D eigenvalue weighted by atomic mass is 14.8. The van der Waals surface area contributed by atoms with Gasteiger partial charge in [0.25, 0.3) is 0 Å². The molecule has 3 aliphatic rings. The molecule has 0 spiro atoms. The number of rotatable bonds is 0. The van der Waals surface area contributed by atoms with Crippen LogP contribution in [0.15, 0.2) is 45.1 Å². The van der Waals surface area contributed by atoms with Gasteiger partial charge >= 0.3 is 0 Å². The summed E-state index contributed by atoms with van der Waals surface area (Å²) in [6.45, 7) is 0. The summed E-state index contributed by atoms with van der Waals surface area (Å²) in [5, 5.41) is 0. The minimum Gasteiger partial charge on any atom is -0.271 e. The molecule has 0 radical (unpaired) electrons. The summed E-state index contributed by atoms with van der Waals surface area (Å²) in [6.07, 6.45) is 7.81. The third-order valence-electron chi connectivity index (χ3n) is 2.18. The SMILES string of the molecule is B1C2=CC=NC2=C2C=CN=C12. The molecule has 0 atom stereocenters. The molecule has 0 N–H and O–H groups in total. The molecule has 0 aromatic carbocycles. The van der Waals surface area contributed by atoms with Crippen molar-refractivity contribution in [1.82, 2.24) is 0 Å². The third kappa shape index (κ3) is 0.534. The first-order chi connectivity index (χ1) is 5.45. The van der Waals surface area contributed by atoms with Crippen molar-refractivity contribution in [2.45, 2.75) is 0 Å². The van der Waals surface area contributed by atoms with Crippen LogP contribution in [0.4, 0.5) is 0 Å². The Kier molecular flexibility index (Phi) is 0.778. The van der Waals surface area contributed by atoms with Crippen molar-refractivity contribution in [1.29, 1.82) is 0 Å². The lowest BCUT2D eigenvalue weighted by Crippen LogP contribution is -2.02. The lowest BCUT2D eigenvalue weighted by Gasteiger charge is -1.89. The first kappa shape index (κ1) is 5.30.